The molecule has 0 aliphatic carbocycles. The van der Waals surface area contributed by atoms with Crippen molar-refractivity contribution in [3.8, 4) is 0 Å². The molecule has 1 saturated heterocycles. The fourth-order valence-electron chi connectivity index (χ4n) is 2.03. The molecule has 1 aliphatic rings. The van der Waals surface area contributed by atoms with Crippen LogP contribution in [0, 0.1) is 0 Å². The maximum atomic E-state index is 12.1. The summed E-state index contributed by atoms with van der Waals surface area (Å²) in [4.78, 5) is 38.0. The normalized spacial score (nSPS) is 18.8. The third kappa shape index (κ3) is 5.22. The zero-order valence-corrected chi connectivity index (χ0v) is 12.8. The van der Waals surface area contributed by atoms with Crippen LogP contribution in [0.5, 0.6) is 0 Å². The molecule has 1 unspecified atom stereocenters. The molecule has 120 valence electrons. The first-order valence-corrected chi connectivity index (χ1v) is 7.07. The highest BCUT2D eigenvalue weighted by Gasteiger charge is 2.34. The fourth-order valence-corrected chi connectivity index (χ4v) is 2.03. The molecular formula is C13H24N4O4. The van der Waals surface area contributed by atoms with E-state index in [9.17, 15) is 14.4 Å². The van der Waals surface area contributed by atoms with E-state index in [1.807, 2.05) is 7.05 Å². The Balaban J connectivity index is 2.53. The van der Waals surface area contributed by atoms with Crippen LogP contribution >= 0.6 is 0 Å². The summed E-state index contributed by atoms with van der Waals surface area (Å²) < 4.78 is 0. The fraction of sp³-hybridized carbons (Fsp3) is 0.769. The zero-order valence-electron chi connectivity index (χ0n) is 12.8. The molecule has 0 aromatic rings. The van der Waals surface area contributed by atoms with Gasteiger partial charge in [0.2, 0.25) is 5.91 Å². The summed E-state index contributed by atoms with van der Waals surface area (Å²) in [5.74, 6) is -1.52. The molecule has 8 nitrogen and oxygen atoms in total. The minimum Gasteiger partial charge on any atom is -0.481 e. The number of rotatable bonds is 6. The first kappa shape index (κ1) is 17.2. The summed E-state index contributed by atoms with van der Waals surface area (Å²) >= 11 is 0. The Hall–Kier alpha value is -1.83. The maximum absolute atomic E-state index is 12.1. The van der Waals surface area contributed by atoms with E-state index >= 15 is 0 Å². The highest BCUT2D eigenvalue weighted by Crippen LogP contribution is 2.09. The van der Waals surface area contributed by atoms with Crippen molar-refractivity contribution in [1.82, 2.24) is 20.4 Å². The summed E-state index contributed by atoms with van der Waals surface area (Å²) in [5.41, 5.74) is 0. The Morgan fingerprint density at radius 3 is 2.76 bits per heavy atom. The molecule has 3 amide bonds. The molecule has 0 aromatic heterocycles. The molecule has 0 radical (unpaired) electrons. The van der Waals surface area contributed by atoms with Gasteiger partial charge in [-0.3, -0.25) is 9.59 Å². The van der Waals surface area contributed by atoms with Crippen LogP contribution in [0.4, 0.5) is 4.79 Å². The van der Waals surface area contributed by atoms with Crippen molar-refractivity contribution in [2.24, 2.45) is 0 Å². The number of carboxylic acids is 1. The van der Waals surface area contributed by atoms with Crippen LogP contribution in [0.3, 0.4) is 0 Å². The van der Waals surface area contributed by atoms with Crippen LogP contribution in [-0.4, -0.2) is 78.1 Å². The van der Waals surface area contributed by atoms with Crippen LogP contribution < -0.4 is 10.6 Å². The summed E-state index contributed by atoms with van der Waals surface area (Å²) in [6.45, 7) is 5.90. The van der Waals surface area contributed by atoms with Gasteiger partial charge in [-0.05, 0) is 20.9 Å². The lowest BCUT2D eigenvalue weighted by Crippen LogP contribution is -2.60. The van der Waals surface area contributed by atoms with E-state index in [0.717, 1.165) is 0 Å². The van der Waals surface area contributed by atoms with Gasteiger partial charge in [0.25, 0.3) is 0 Å². The molecule has 1 aliphatic heterocycles. The summed E-state index contributed by atoms with van der Waals surface area (Å²) in [5, 5.41) is 14.2. The smallest absolute Gasteiger partial charge is 0.318 e. The number of nitrogens with zero attached hydrogens (tertiary/aromatic N) is 2. The third-order valence-corrected chi connectivity index (χ3v) is 3.58. The summed E-state index contributed by atoms with van der Waals surface area (Å²) in [6.07, 6.45) is -0.384. The van der Waals surface area contributed by atoms with Gasteiger partial charge in [0.15, 0.2) is 0 Å². The third-order valence-electron chi connectivity index (χ3n) is 3.58. The van der Waals surface area contributed by atoms with Crippen LogP contribution in [0.25, 0.3) is 0 Å². The lowest BCUT2D eigenvalue weighted by molar-refractivity contribution is -0.142. The number of hydrogen-bond acceptors (Lipinski definition) is 4. The topological polar surface area (TPSA) is 102 Å². The van der Waals surface area contributed by atoms with E-state index in [4.69, 9.17) is 5.11 Å². The number of nitrogens with one attached hydrogen (secondary N) is 2. The minimum absolute atomic E-state index is 0.315. The SMILES string of the molecule is CC(C)N(C)CCNC(=O)N1CCNC(=O)C1CC(=O)O. The summed E-state index contributed by atoms with van der Waals surface area (Å²) in [6, 6.07) is -0.963. The van der Waals surface area contributed by atoms with Crippen LogP contribution in [-0.2, 0) is 9.59 Å². The highest BCUT2D eigenvalue weighted by atomic mass is 16.4. The second-order valence-electron chi connectivity index (χ2n) is 5.40. The van der Waals surface area contributed by atoms with E-state index in [1.54, 1.807) is 0 Å². The van der Waals surface area contributed by atoms with Crippen LogP contribution in [0.15, 0.2) is 0 Å². The number of aliphatic carboxylic acids is 1. The first-order chi connectivity index (χ1) is 9.82. The van der Waals surface area contributed by atoms with E-state index in [-0.39, 0.29) is 6.42 Å². The lowest BCUT2D eigenvalue weighted by atomic mass is 10.1. The molecule has 0 spiro atoms. The number of hydrogen-bond donors (Lipinski definition) is 3. The second-order valence-corrected chi connectivity index (χ2v) is 5.40. The zero-order chi connectivity index (χ0) is 16.0. The van der Waals surface area contributed by atoms with E-state index in [1.165, 1.54) is 4.90 Å². The van der Waals surface area contributed by atoms with Gasteiger partial charge in [0.05, 0.1) is 6.42 Å². The van der Waals surface area contributed by atoms with E-state index in [2.05, 4.69) is 29.4 Å². The van der Waals surface area contributed by atoms with Gasteiger partial charge in [-0.2, -0.15) is 0 Å². The number of carbonyl (C=O) groups excluding carboxylic acids is 2. The van der Waals surface area contributed by atoms with Gasteiger partial charge in [-0.1, -0.05) is 0 Å². The Morgan fingerprint density at radius 2 is 2.19 bits per heavy atom. The molecule has 0 saturated carbocycles. The number of carbonyl (C=O) groups is 3. The van der Waals surface area contributed by atoms with E-state index in [0.29, 0.717) is 32.2 Å². The molecule has 1 rings (SSSR count). The molecule has 8 heteroatoms. The largest absolute Gasteiger partial charge is 0.481 e. The predicted octanol–water partition coefficient (Wildman–Crippen LogP) is -0.689. The second kappa shape index (κ2) is 7.82. The number of carboxylic acid groups (broad SMARTS) is 1. The first-order valence-electron chi connectivity index (χ1n) is 7.07. The quantitative estimate of drug-likeness (QED) is 0.603. The number of piperazine rings is 1. The van der Waals surface area contributed by atoms with Crippen molar-refractivity contribution in [1.29, 1.82) is 0 Å². The van der Waals surface area contributed by atoms with Crippen molar-refractivity contribution in [3.05, 3.63) is 0 Å². The van der Waals surface area contributed by atoms with Crippen molar-refractivity contribution in [2.45, 2.75) is 32.4 Å². The minimum atomic E-state index is -1.10. The Labute approximate surface area is 124 Å². The number of urea groups is 1. The molecule has 0 aromatic carbocycles. The number of amides is 3. The highest BCUT2D eigenvalue weighted by molar-refractivity contribution is 5.91. The molecule has 1 fully saturated rings. The van der Waals surface area contributed by atoms with Gasteiger partial charge < -0.3 is 25.5 Å². The Kier molecular flexibility index (Phi) is 6.41. The lowest BCUT2D eigenvalue weighted by Gasteiger charge is -2.34. The summed E-state index contributed by atoms with van der Waals surface area (Å²) in [7, 11) is 1.96. The van der Waals surface area contributed by atoms with E-state index < -0.39 is 23.9 Å². The van der Waals surface area contributed by atoms with Crippen molar-refractivity contribution in [2.75, 3.05) is 33.2 Å². The Bertz CT molecular complexity index is 400. The number of likely N-dealkylation sites (N-methyl/N-ethyl adjacent to an activating group) is 1. The van der Waals surface area contributed by atoms with Gasteiger partial charge >= 0.3 is 12.0 Å². The van der Waals surface area contributed by atoms with Crippen molar-refractivity contribution in [3.63, 3.8) is 0 Å². The van der Waals surface area contributed by atoms with Crippen molar-refractivity contribution < 1.29 is 19.5 Å². The maximum Gasteiger partial charge on any atom is 0.318 e. The van der Waals surface area contributed by atoms with Crippen LogP contribution in [0.2, 0.25) is 0 Å². The van der Waals surface area contributed by atoms with Crippen LogP contribution in [0.1, 0.15) is 20.3 Å². The molecule has 1 atom stereocenters. The van der Waals surface area contributed by atoms with Gasteiger partial charge in [-0.25, -0.2) is 4.79 Å². The average Bonchev–Trinajstić information content (AvgIpc) is 2.40. The molecular weight excluding hydrogens is 276 g/mol. The standard InChI is InChI=1S/C13H24N4O4/c1-9(2)16(3)6-4-15-13(21)17-7-5-14-12(20)10(17)8-11(18)19/h9-10H,4-8H2,1-3H3,(H,14,20)(H,15,21)(H,18,19). The molecule has 1 heterocycles. The predicted molar refractivity (Wildman–Crippen MR) is 76.9 cm³/mol. The average molecular weight is 300 g/mol. The van der Waals surface area contributed by atoms with Gasteiger partial charge in [-0.15, -0.1) is 0 Å². The van der Waals surface area contributed by atoms with Crippen molar-refractivity contribution >= 4 is 17.9 Å². The Morgan fingerprint density at radius 1 is 1.52 bits per heavy atom. The molecule has 21 heavy (non-hydrogen) atoms. The molecule has 0 bridgehead atoms. The van der Waals surface area contributed by atoms with Gasteiger partial charge in [0, 0.05) is 32.2 Å². The monoisotopic (exact) mass is 300 g/mol. The van der Waals surface area contributed by atoms with Gasteiger partial charge in [0.1, 0.15) is 6.04 Å². The molecule has 3 N–H and O–H groups in total.